The van der Waals surface area contributed by atoms with Crippen LogP contribution in [0.5, 0.6) is 0 Å². The van der Waals surface area contributed by atoms with Gasteiger partial charge in [0.15, 0.2) is 11.6 Å². The number of fused-ring (bicyclic) bond motifs is 4. The molecule has 0 radical (unpaired) electrons. The van der Waals surface area contributed by atoms with Crippen molar-refractivity contribution in [1.82, 2.24) is 24.5 Å². The average Bonchev–Trinajstić information content (AvgIpc) is 3.65. The van der Waals surface area contributed by atoms with Crippen LogP contribution in [-0.4, -0.2) is 53.4 Å². The van der Waals surface area contributed by atoms with E-state index in [9.17, 15) is 41.0 Å². The first-order valence-corrected chi connectivity index (χ1v) is 17.9. The molecule has 18 heteroatoms. The molecule has 0 aliphatic heterocycles. The van der Waals surface area contributed by atoms with Crippen LogP contribution in [0.3, 0.4) is 0 Å². The Balaban J connectivity index is 1.38. The molecular formula is C39H31ClF8N6O3. The van der Waals surface area contributed by atoms with Gasteiger partial charge in [0, 0.05) is 48.1 Å². The molecule has 3 aromatic heterocycles. The lowest BCUT2D eigenvalue weighted by Crippen LogP contribution is -2.24. The van der Waals surface area contributed by atoms with Gasteiger partial charge in [0.05, 0.1) is 21.6 Å². The molecule has 298 valence electrons. The van der Waals surface area contributed by atoms with E-state index in [1.54, 1.807) is 0 Å². The Labute approximate surface area is 324 Å². The monoisotopic (exact) mass is 818 g/mol. The summed E-state index contributed by atoms with van der Waals surface area (Å²) >= 11 is 6.51. The van der Waals surface area contributed by atoms with Gasteiger partial charge in [-0.1, -0.05) is 23.6 Å². The van der Waals surface area contributed by atoms with Gasteiger partial charge in [-0.05, 0) is 74.4 Å². The molecule has 0 bridgehead atoms. The Morgan fingerprint density at radius 1 is 1.04 bits per heavy atom. The fourth-order valence-electron chi connectivity index (χ4n) is 7.52. The molecule has 0 saturated heterocycles. The number of nitrogens with one attached hydrogen (secondary N) is 1. The molecule has 7 rings (SSSR count). The molecule has 3 atom stereocenters. The zero-order valence-corrected chi connectivity index (χ0v) is 30.9. The Bertz CT molecular complexity index is 2500. The molecule has 0 spiro atoms. The molecule has 5 aromatic rings. The normalized spacial score (nSPS) is 17.4. The molecule has 3 heterocycles. The summed E-state index contributed by atoms with van der Waals surface area (Å²) in [7, 11) is 1.45. The van der Waals surface area contributed by atoms with Crippen LogP contribution in [0.2, 0.25) is 5.02 Å². The van der Waals surface area contributed by atoms with Gasteiger partial charge in [-0.2, -0.15) is 27.8 Å². The Morgan fingerprint density at radius 3 is 2.37 bits per heavy atom. The second-order valence-corrected chi connectivity index (χ2v) is 15.0. The van der Waals surface area contributed by atoms with Crippen LogP contribution in [0.15, 0.2) is 42.5 Å². The topological polar surface area (TPSA) is 115 Å². The first-order chi connectivity index (χ1) is 26.7. The van der Waals surface area contributed by atoms with Crippen molar-refractivity contribution in [1.29, 1.82) is 0 Å². The van der Waals surface area contributed by atoms with E-state index in [2.05, 4.69) is 22.0 Å². The Kier molecular flexibility index (Phi) is 10.2. The fraction of sp³-hybridized carbons (Fsp3) is 0.359. The van der Waals surface area contributed by atoms with Gasteiger partial charge >= 0.3 is 6.43 Å². The van der Waals surface area contributed by atoms with E-state index in [0.717, 1.165) is 12.1 Å². The minimum absolute atomic E-state index is 0.0138. The number of amides is 1. The molecule has 2 aromatic carbocycles. The third-order valence-electron chi connectivity index (χ3n) is 9.85. The van der Waals surface area contributed by atoms with Gasteiger partial charge < -0.3 is 10.4 Å². The molecule has 57 heavy (non-hydrogen) atoms. The number of Topliss-reactive ketones (excluding diaryl/α,β-unsaturated/α-hetero) is 1. The number of benzene rings is 2. The Morgan fingerprint density at radius 2 is 1.72 bits per heavy atom. The highest BCUT2D eigenvalue weighted by Crippen LogP contribution is 2.68. The standard InChI is InChI=1S/C39H31ClF8N6O3/c1-38(2,57)9-8-21-4-5-23(24-6-7-27(40)29-32(24)53(3)52-36(29)50-37(56)35(45)46)30(49-21)18(10-17-11-19(41)14-20(42)12-17)13-22(55)16-54-33-28(31(51-54)34(43)44)25-15-26(25)39(33,47)48/h4-7,11-12,14,18,25-26,34-35,57H,10,13,15-16H2,1-3H3,(H,50,52,56)/t18-,25+,26-/m1/s1. The lowest BCUT2D eigenvalue weighted by Gasteiger charge is -2.22. The van der Waals surface area contributed by atoms with Crippen LogP contribution in [0.4, 0.5) is 40.9 Å². The summed E-state index contributed by atoms with van der Waals surface area (Å²) in [5.41, 5.74) is -2.33. The van der Waals surface area contributed by atoms with Crippen molar-refractivity contribution in [3.63, 3.8) is 0 Å². The highest BCUT2D eigenvalue weighted by molar-refractivity contribution is 6.37. The van der Waals surface area contributed by atoms with Crippen molar-refractivity contribution in [2.24, 2.45) is 13.0 Å². The lowest BCUT2D eigenvalue weighted by atomic mass is 9.86. The van der Waals surface area contributed by atoms with Crippen molar-refractivity contribution in [2.75, 3.05) is 5.32 Å². The molecule has 2 aliphatic carbocycles. The second-order valence-electron chi connectivity index (χ2n) is 14.6. The van der Waals surface area contributed by atoms with E-state index in [1.165, 1.54) is 49.8 Å². The molecule has 1 amide bonds. The summed E-state index contributed by atoms with van der Waals surface area (Å²) in [6.45, 7) is 2.00. The lowest BCUT2D eigenvalue weighted by molar-refractivity contribution is -0.126. The van der Waals surface area contributed by atoms with Crippen LogP contribution in [-0.2, 0) is 35.5 Å². The number of rotatable bonds is 11. The predicted octanol–water partition coefficient (Wildman–Crippen LogP) is 8.22. The van der Waals surface area contributed by atoms with E-state index < -0.39 is 89.8 Å². The van der Waals surface area contributed by atoms with Gasteiger partial charge in [-0.3, -0.25) is 19.0 Å². The van der Waals surface area contributed by atoms with Crippen LogP contribution in [0.25, 0.3) is 22.0 Å². The van der Waals surface area contributed by atoms with Crippen LogP contribution >= 0.6 is 11.6 Å². The first kappa shape index (κ1) is 39.9. The number of alkyl halides is 6. The first-order valence-electron chi connectivity index (χ1n) is 17.5. The number of hydrogen-bond acceptors (Lipinski definition) is 6. The van der Waals surface area contributed by atoms with Crippen LogP contribution < -0.4 is 5.32 Å². The van der Waals surface area contributed by atoms with E-state index in [4.69, 9.17) is 16.6 Å². The molecule has 0 unspecified atom stereocenters. The van der Waals surface area contributed by atoms with Crippen molar-refractivity contribution in [2.45, 2.75) is 75.9 Å². The average molecular weight is 819 g/mol. The van der Waals surface area contributed by atoms with Crippen LogP contribution in [0, 0.1) is 29.4 Å². The van der Waals surface area contributed by atoms with Gasteiger partial charge in [0.1, 0.15) is 40.9 Å². The maximum absolute atomic E-state index is 15.4. The van der Waals surface area contributed by atoms with Gasteiger partial charge in [-0.25, -0.2) is 22.5 Å². The summed E-state index contributed by atoms with van der Waals surface area (Å²) in [6, 6.07) is 8.63. The highest BCUT2D eigenvalue weighted by atomic mass is 35.5. The smallest absolute Gasteiger partial charge is 0.315 e. The van der Waals surface area contributed by atoms with Crippen molar-refractivity contribution in [3.8, 4) is 23.0 Å². The van der Waals surface area contributed by atoms with E-state index >= 15 is 8.78 Å². The summed E-state index contributed by atoms with van der Waals surface area (Å²) in [6.07, 6.45) is -7.37. The number of ketones is 1. The molecular weight excluding hydrogens is 788 g/mol. The number of aryl methyl sites for hydroxylation is 1. The number of carbonyl (C=O) groups is 2. The predicted molar refractivity (Wildman–Crippen MR) is 191 cm³/mol. The number of hydrogen-bond donors (Lipinski definition) is 2. The molecule has 9 nitrogen and oxygen atoms in total. The zero-order chi connectivity index (χ0) is 41.3. The van der Waals surface area contributed by atoms with E-state index in [-0.39, 0.29) is 62.7 Å². The van der Waals surface area contributed by atoms with Gasteiger partial charge in [-0.15, -0.1) is 0 Å². The SMILES string of the molecule is Cn1nc(NC(=O)C(F)F)c2c(Cl)ccc(-c3ccc(C#CC(C)(C)O)nc3[C@@H](CC(=O)Cn3nc(C(F)F)c4c3C(F)(F)[C@@H]3C[C@H]43)Cc3cc(F)cc(F)c3)c21. The molecule has 2 N–H and O–H groups in total. The van der Waals surface area contributed by atoms with E-state index in [1.807, 2.05) is 5.32 Å². The fourth-order valence-corrected chi connectivity index (χ4v) is 7.76. The number of nitrogens with zero attached hydrogens (tertiary/aromatic N) is 5. The maximum atomic E-state index is 15.4. The highest BCUT2D eigenvalue weighted by Gasteiger charge is 2.67. The van der Waals surface area contributed by atoms with Gasteiger partial charge in [0.2, 0.25) is 0 Å². The third-order valence-corrected chi connectivity index (χ3v) is 10.2. The third kappa shape index (κ3) is 7.72. The van der Waals surface area contributed by atoms with E-state index in [0.29, 0.717) is 16.3 Å². The van der Waals surface area contributed by atoms with Crippen molar-refractivity contribution in [3.05, 3.63) is 93.0 Å². The summed E-state index contributed by atoms with van der Waals surface area (Å²) < 4.78 is 116. The minimum Gasteiger partial charge on any atom is -0.378 e. The van der Waals surface area contributed by atoms with Gasteiger partial charge in [0.25, 0.3) is 18.3 Å². The number of pyridine rings is 1. The zero-order valence-electron chi connectivity index (χ0n) is 30.2. The van der Waals surface area contributed by atoms with Crippen molar-refractivity contribution < 1.29 is 49.8 Å². The quantitative estimate of drug-likeness (QED) is 0.103. The Hall–Kier alpha value is -5.34. The summed E-state index contributed by atoms with van der Waals surface area (Å²) in [5, 5.41) is 20.4. The summed E-state index contributed by atoms with van der Waals surface area (Å²) in [4.78, 5) is 30.7. The number of aromatic nitrogens is 5. The molecule has 1 saturated carbocycles. The number of aliphatic hydroxyl groups is 1. The molecule has 2 aliphatic rings. The molecule has 1 fully saturated rings. The minimum atomic E-state index is -3.50. The summed E-state index contributed by atoms with van der Waals surface area (Å²) in [5.74, 6) is -5.80. The largest absolute Gasteiger partial charge is 0.378 e. The number of halogens is 9. The van der Waals surface area contributed by atoms with Crippen LogP contribution in [0.1, 0.15) is 78.9 Å². The number of carbonyl (C=O) groups excluding carboxylic acids is 2. The van der Waals surface area contributed by atoms with Crippen molar-refractivity contribution >= 4 is 40.0 Å². The second kappa shape index (κ2) is 14.6. The maximum Gasteiger partial charge on any atom is 0.315 e. The number of anilines is 1.